The number of hydrogen-bond acceptors (Lipinski definition) is 2. The predicted molar refractivity (Wildman–Crippen MR) is 158 cm³/mol. The molecule has 4 aromatic carbocycles. The summed E-state index contributed by atoms with van der Waals surface area (Å²) in [6, 6.07) is 29.9. The normalized spacial score (nSPS) is 23.3. The molecule has 188 valence electrons. The van der Waals surface area contributed by atoms with E-state index in [-0.39, 0.29) is 24.0 Å². The van der Waals surface area contributed by atoms with E-state index in [2.05, 4.69) is 121 Å². The van der Waals surface area contributed by atoms with E-state index in [1.54, 1.807) is 0 Å². The number of halogens is 1. The maximum Gasteiger partial charge on any atom is 0.142 e. The van der Waals surface area contributed by atoms with Gasteiger partial charge in [-0.15, -0.1) is 0 Å². The van der Waals surface area contributed by atoms with Gasteiger partial charge in [0.15, 0.2) is 0 Å². The largest absolute Gasteiger partial charge is 0.485 e. The first kappa shape index (κ1) is 22.7. The van der Waals surface area contributed by atoms with Crippen LogP contribution in [0.4, 0.5) is 0 Å². The zero-order chi connectivity index (χ0) is 25.9. The van der Waals surface area contributed by atoms with E-state index in [4.69, 9.17) is 21.1 Å². The fourth-order valence-electron chi connectivity index (χ4n) is 6.34. The molecule has 2 aliphatic carbocycles. The molecule has 0 aromatic heterocycles. The van der Waals surface area contributed by atoms with Crippen molar-refractivity contribution in [3.05, 3.63) is 149 Å². The first-order chi connectivity index (χ1) is 19.2. The molecule has 2 aliphatic heterocycles. The maximum atomic E-state index is 6.86. The second-order valence-corrected chi connectivity index (χ2v) is 10.9. The number of ether oxygens (including phenoxy) is 2. The van der Waals surface area contributed by atoms with Crippen molar-refractivity contribution in [3.63, 3.8) is 0 Å². The molecule has 0 radical (unpaired) electrons. The third kappa shape index (κ3) is 3.71. The van der Waals surface area contributed by atoms with Crippen molar-refractivity contribution in [2.75, 3.05) is 0 Å². The highest BCUT2D eigenvalue weighted by Gasteiger charge is 2.36. The van der Waals surface area contributed by atoms with Gasteiger partial charge in [-0.1, -0.05) is 103 Å². The molecule has 0 spiro atoms. The average molecular weight is 525 g/mol. The number of rotatable bonds is 3. The van der Waals surface area contributed by atoms with Crippen LogP contribution < -0.4 is 9.47 Å². The van der Waals surface area contributed by atoms with Gasteiger partial charge in [-0.3, -0.25) is 0 Å². The number of hydrogen-bond donors (Lipinski definition) is 0. The van der Waals surface area contributed by atoms with Gasteiger partial charge in [-0.05, 0) is 69.8 Å². The van der Waals surface area contributed by atoms with E-state index in [1.807, 2.05) is 6.07 Å². The zero-order valence-electron chi connectivity index (χ0n) is 21.1. The van der Waals surface area contributed by atoms with E-state index in [1.165, 1.54) is 27.8 Å². The summed E-state index contributed by atoms with van der Waals surface area (Å²) in [7, 11) is 0. The molecule has 0 amide bonds. The van der Waals surface area contributed by atoms with Crippen molar-refractivity contribution in [2.24, 2.45) is 0 Å². The van der Waals surface area contributed by atoms with Crippen molar-refractivity contribution < 1.29 is 9.47 Å². The number of allylic oxidation sites excluding steroid dienone is 4. The van der Waals surface area contributed by atoms with Gasteiger partial charge in [0.05, 0.1) is 5.02 Å². The summed E-state index contributed by atoms with van der Waals surface area (Å²) in [5, 5.41) is 0.653. The van der Waals surface area contributed by atoms with Crippen LogP contribution in [0.1, 0.15) is 28.5 Å². The van der Waals surface area contributed by atoms with Gasteiger partial charge in [-0.2, -0.15) is 0 Å². The van der Waals surface area contributed by atoms with E-state index >= 15 is 0 Å². The molecule has 2 nitrogen and oxygen atoms in total. The van der Waals surface area contributed by atoms with Crippen molar-refractivity contribution in [2.45, 2.75) is 24.0 Å². The van der Waals surface area contributed by atoms with E-state index in [0.717, 1.165) is 28.2 Å². The highest BCUT2D eigenvalue weighted by molar-refractivity contribution is 6.32. The summed E-state index contributed by atoms with van der Waals surface area (Å²) in [5.74, 6) is 2.09. The number of benzene rings is 4. The van der Waals surface area contributed by atoms with Crippen molar-refractivity contribution in [1.82, 2.24) is 0 Å². The summed E-state index contributed by atoms with van der Waals surface area (Å²) in [6.07, 6.45) is 15.2. The Balaban J connectivity index is 1.19. The summed E-state index contributed by atoms with van der Waals surface area (Å²) in [5.41, 5.74) is 9.45. The molecule has 0 fully saturated rings. The van der Waals surface area contributed by atoms with Gasteiger partial charge in [0.1, 0.15) is 23.7 Å². The van der Waals surface area contributed by atoms with Crippen molar-refractivity contribution in [1.29, 1.82) is 0 Å². The van der Waals surface area contributed by atoms with Crippen molar-refractivity contribution >= 4 is 17.2 Å². The molecule has 0 saturated carbocycles. The minimum atomic E-state index is -0.0614. The van der Waals surface area contributed by atoms with Crippen LogP contribution in [-0.4, -0.2) is 12.2 Å². The lowest BCUT2D eigenvalue weighted by Gasteiger charge is -2.20. The second-order valence-electron chi connectivity index (χ2n) is 10.5. The van der Waals surface area contributed by atoms with Crippen LogP contribution in [0.5, 0.6) is 11.5 Å². The highest BCUT2D eigenvalue weighted by atomic mass is 35.5. The fourth-order valence-corrected chi connectivity index (χ4v) is 6.61. The molecule has 0 saturated heterocycles. The minimum Gasteiger partial charge on any atom is -0.485 e. The fraction of sp³-hybridized carbons (Fsp3) is 0.111. The van der Waals surface area contributed by atoms with Crippen LogP contribution in [0.2, 0.25) is 5.02 Å². The van der Waals surface area contributed by atoms with Gasteiger partial charge in [0.2, 0.25) is 0 Å². The molecule has 4 atom stereocenters. The maximum absolute atomic E-state index is 6.86. The van der Waals surface area contributed by atoms with Gasteiger partial charge in [-0.25, -0.2) is 0 Å². The Labute approximate surface area is 233 Å². The smallest absolute Gasteiger partial charge is 0.142 e. The Kier molecular flexibility index (Phi) is 5.18. The van der Waals surface area contributed by atoms with Crippen LogP contribution in [-0.2, 0) is 0 Å². The van der Waals surface area contributed by atoms with E-state index in [0.29, 0.717) is 5.02 Å². The summed E-state index contributed by atoms with van der Waals surface area (Å²) < 4.78 is 12.5. The Morgan fingerprint density at radius 2 is 1.36 bits per heavy atom. The molecular weight excluding hydrogens is 500 g/mol. The molecule has 0 bridgehead atoms. The van der Waals surface area contributed by atoms with Gasteiger partial charge >= 0.3 is 0 Å². The molecule has 0 N–H and O–H groups in total. The van der Waals surface area contributed by atoms with Crippen LogP contribution in [0.15, 0.2) is 127 Å². The SMILES string of the molecule is Clc1cc(-c2ccc3c(c2)C2C=CC=CC2O3)cc2c1OC1C=CC(c3ccccc3-c3ccccc3)=CC21. The summed E-state index contributed by atoms with van der Waals surface area (Å²) in [6.45, 7) is 0. The Morgan fingerprint density at radius 3 is 2.26 bits per heavy atom. The van der Waals surface area contributed by atoms with Crippen molar-refractivity contribution in [3.8, 4) is 33.8 Å². The minimum absolute atomic E-state index is 0.0614. The molecule has 4 unspecified atom stereocenters. The summed E-state index contributed by atoms with van der Waals surface area (Å²) >= 11 is 6.86. The molecule has 39 heavy (non-hydrogen) atoms. The Morgan fingerprint density at radius 1 is 0.590 bits per heavy atom. The quantitative estimate of drug-likeness (QED) is 0.266. The molecule has 4 aromatic rings. The second kappa shape index (κ2) is 8.90. The lowest BCUT2D eigenvalue weighted by atomic mass is 9.84. The zero-order valence-corrected chi connectivity index (χ0v) is 21.9. The van der Waals surface area contributed by atoms with Crippen LogP contribution in [0.25, 0.3) is 27.8 Å². The lowest BCUT2D eigenvalue weighted by molar-refractivity contribution is 0.269. The van der Waals surface area contributed by atoms with E-state index < -0.39 is 0 Å². The topological polar surface area (TPSA) is 18.5 Å². The molecule has 2 heterocycles. The molecule has 4 aliphatic rings. The third-order valence-electron chi connectivity index (χ3n) is 8.24. The van der Waals surface area contributed by atoms with Crippen LogP contribution in [0, 0.1) is 0 Å². The first-order valence-electron chi connectivity index (χ1n) is 13.4. The lowest BCUT2D eigenvalue weighted by Crippen LogP contribution is -2.17. The van der Waals surface area contributed by atoms with Gasteiger partial charge in [0, 0.05) is 23.0 Å². The predicted octanol–water partition coefficient (Wildman–Crippen LogP) is 9.14. The highest BCUT2D eigenvalue weighted by Crippen LogP contribution is 2.50. The molecular formula is C36H25ClO2. The third-order valence-corrected chi connectivity index (χ3v) is 8.52. The Bertz CT molecular complexity index is 1740. The van der Waals surface area contributed by atoms with Gasteiger partial charge < -0.3 is 9.47 Å². The molecule has 8 rings (SSSR count). The van der Waals surface area contributed by atoms with Crippen LogP contribution in [0.3, 0.4) is 0 Å². The standard InChI is InChI=1S/C36H25ClO2/c37-32-21-25(23-14-16-34-29(18-23)28-12-6-7-13-33(28)38-34)20-31-30-19-24(15-17-35(30)39-36(31)32)27-11-5-4-10-26(27)22-8-2-1-3-9-22/h1-21,28,30,33,35H. The molecule has 3 heteroatoms. The average Bonchev–Trinajstić information content (AvgIpc) is 3.55. The van der Waals surface area contributed by atoms with Gasteiger partial charge in [0.25, 0.3) is 0 Å². The number of fused-ring (bicyclic) bond motifs is 6. The first-order valence-corrected chi connectivity index (χ1v) is 13.8. The van der Waals surface area contributed by atoms with E-state index in [9.17, 15) is 0 Å². The monoisotopic (exact) mass is 524 g/mol. The summed E-state index contributed by atoms with van der Waals surface area (Å²) in [4.78, 5) is 0. The Hall–Kier alpha value is -4.27. The van der Waals surface area contributed by atoms with Crippen LogP contribution >= 0.6 is 11.6 Å².